The van der Waals surface area contributed by atoms with Gasteiger partial charge in [-0.1, -0.05) is 54.6 Å². The molecular formula is C34H28N4O5S2. The number of hydrogen-bond donors (Lipinski definition) is 2. The molecule has 0 bridgehead atoms. The highest BCUT2D eigenvalue weighted by atomic mass is 32.2. The molecule has 1 aliphatic rings. The molecule has 0 unspecified atom stereocenters. The Morgan fingerprint density at radius 3 is 2.36 bits per heavy atom. The van der Waals surface area contributed by atoms with Gasteiger partial charge in [-0.25, -0.2) is 18.2 Å². The summed E-state index contributed by atoms with van der Waals surface area (Å²) < 4.78 is 26.7. The molecular weight excluding hydrogens is 609 g/mol. The second-order valence-corrected chi connectivity index (χ2v) is 14.4. The minimum Gasteiger partial charge on any atom is -0.477 e. The number of aromatic nitrogens is 2. The minimum absolute atomic E-state index is 0.0703. The van der Waals surface area contributed by atoms with E-state index in [4.69, 9.17) is 10.7 Å². The van der Waals surface area contributed by atoms with Crippen LogP contribution in [0.25, 0.3) is 54.8 Å². The summed E-state index contributed by atoms with van der Waals surface area (Å²) in [5, 5.41) is 10.8. The Balaban J connectivity index is 1.40. The first kappa shape index (κ1) is 28.8. The van der Waals surface area contributed by atoms with E-state index in [2.05, 4.69) is 0 Å². The molecule has 1 fully saturated rings. The third kappa shape index (κ3) is 5.45. The van der Waals surface area contributed by atoms with Gasteiger partial charge in [0.2, 0.25) is 5.91 Å². The Hall–Kier alpha value is -5.00. The molecule has 3 N–H and O–H groups in total. The van der Waals surface area contributed by atoms with Crippen molar-refractivity contribution in [2.24, 2.45) is 0 Å². The smallest absolute Gasteiger partial charge is 0.345 e. The Kier molecular flexibility index (Phi) is 7.14. The van der Waals surface area contributed by atoms with Crippen LogP contribution in [0.4, 0.5) is 5.69 Å². The second kappa shape index (κ2) is 11.2. The van der Waals surface area contributed by atoms with Gasteiger partial charge in [-0.05, 0) is 47.5 Å². The van der Waals surface area contributed by atoms with E-state index in [1.807, 2.05) is 89.5 Å². The van der Waals surface area contributed by atoms with Crippen molar-refractivity contribution in [3.05, 3.63) is 95.9 Å². The molecule has 7 rings (SSSR count). The number of nitrogen functional groups attached to an aromatic ring is 1. The van der Waals surface area contributed by atoms with Crippen molar-refractivity contribution >= 4 is 59.9 Å². The van der Waals surface area contributed by atoms with Gasteiger partial charge in [0.25, 0.3) is 0 Å². The van der Waals surface area contributed by atoms with Crippen LogP contribution in [0.15, 0.2) is 91.0 Å². The Bertz CT molecular complexity index is 2230. The van der Waals surface area contributed by atoms with E-state index in [0.29, 0.717) is 11.2 Å². The first-order valence-corrected chi connectivity index (χ1v) is 17.0. The average molecular weight is 637 g/mol. The fraction of sp³-hybridized carbons (Fsp3) is 0.147. The van der Waals surface area contributed by atoms with Gasteiger partial charge in [0.05, 0.1) is 38.6 Å². The number of pyridine rings is 1. The van der Waals surface area contributed by atoms with Gasteiger partial charge in [-0.2, -0.15) is 0 Å². The van der Waals surface area contributed by atoms with Gasteiger partial charge in [0.15, 0.2) is 9.84 Å². The van der Waals surface area contributed by atoms with Crippen molar-refractivity contribution in [3.63, 3.8) is 0 Å². The first-order valence-electron chi connectivity index (χ1n) is 14.4. The SMILES string of the molecule is Nc1cccc(-c2ccc3cc(-c4c(-c5ccccc5)c5sc(C(=O)O)cc5n4CC(=O)N4CCS(=O)(=O)CC4)ccc3n2)c1. The zero-order chi connectivity index (χ0) is 31.3. The van der Waals surface area contributed by atoms with Gasteiger partial charge in [-0.15, -0.1) is 11.3 Å². The Morgan fingerprint density at radius 1 is 0.867 bits per heavy atom. The molecule has 4 heterocycles. The van der Waals surface area contributed by atoms with Gasteiger partial charge < -0.3 is 20.3 Å². The topological polar surface area (TPSA) is 136 Å². The molecule has 0 spiro atoms. The number of carboxylic acid groups (broad SMARTS) is 1. The number of rotatable bonds is 6. The Labute approximate surface area is 263 Å². The quantitative estimate of drug-likeness (QED) is 0.221. The summed E-state index contributed by atoms with van der Waals surface area (Å²) in [7, 11) is -3.17. The van der Waals surface area contributed by atoms with Gasteiger partial charge in [0.1, 0.15) is 11.4 Å². The molecule has 0 aliphatic carbocycles. The zero-order valence-corrected chi connectivity index (χ0v) is 25.6. The number of amides is 1. The molecule has 0 atom stereocenters. The first-order chi connectivity index (χ1) is 21.7. The molecule has 9 nitrogen and oxygen atoms in total. The number of thiophene rings is 1. The lowest BCUT2D eigenvalue weighted by molar-refractivity contribution is -0.131. The number of nitrogens with zero attached hydrogens (tertiary/aromatic N) is 3. The van der Waals surface area contributed by atoms with Crippen molar-refractivity contribution in [1.82, 2.24) is 14.5 Å². The summed E-state index contributed by atoms with van der Waals surface area (Å²) in [5.74, 6) is -1.40. The van der Waals surface area contributed by atoms with Crippen LogP contribution in [0, 0.1) is 0 Å². The van der Waals surface area contributed by atoms with Crippen LogP contribution in [0.5, 0.6) is 0 Å². The molecule has 1 amide bonds. The maximum atomic E-state index is 13.7. The van der Waals surface area contributed by atoms with Crippen molar-refractivity contribution in [3.8, 4) is 33.6 Å². The fourth-order valence-corrected chi connectivity index (χ4v) is 8.16. The zero-order valence-electron chi connectivity index (χ0n) is 24.0. The summed E-state index contributed by atoms with van der Waals surface area (Å²) in [6.45, 7) is 0.195. The average Bonchev–Trinajstić information content (AvgIpc) is 3.59. The van der Waals surface area contributed by atoms with Crippen molar-refractivity contribution in [1.29, 1.82) is 0 Å². The molecule has 0 saturated carbocycles. The van der Waals surface area contributed by atoms with Crippen LogP contribution in [0.1, 0.15) is 9.67 Å². The maximum absolute atomic E-state index is 13.7. The lowest BCUT2D eigenvalue weighted by atomic mass is 9.99. The van der Waals surface area contributed by atoms with E-state index >= 15 is 0 Å². The summed E-state index contributed by atoms with van der Waals surface area (Å²) in [4.78, 5) is 32.4. The molecule has 6 aromatic rings. The predicted molar refractivity (Wildman–Crippen MR) is 178 cm³/mol. The lowest BCUT2D eigenvalue weighted by Gasteiger charge is -2.27. The highest BCUT2D eigenvalue weighted by molar-refractivity contribution is 7.91. The van der Waals surface area contributed by atoms with Crippen molar-refractivity contribution in [2.75, 3.05) is 30.3 Å². The third-order valence-corrected chi connectivity index (χ3v) is 10.9. The standard InChI is InChI=1S/C34H28N4O5S2/c35-25-8-4-7-22(18-25)26-11-9-23-17-24(10-12-27(23)36-26)32-31(21-5-2-1-3-6-21)33-28(19-29(44-33)34(40)41)38(32)20-30(39)37-13-15-45(42,43)16-14-37/h1-12,17-19H,13-16,20,35H2,(H,40,41). The van der Waals surface area contributed by atoms with Crippen LogP contribution < -0.4 is 5.73 Å². The van der Waals surface area contributed by atoms with Crippen molar-refractivity contribution < 1.29 is 23.1 Å². The Morgan fingerprint density at radius 2 is 1.62 bits per heavy atom. The second-order valence-electron chi connectivity index (χ2n) is 11.1. The van der Waals surface area contributed by atoms with E-state index in [-0.39, 0.29) is 41.9 Å². The van der Waals surface area contributed by atoms with Crippen LogP contribution in [-0.4, -0.2) is 64.4 Å². The monoisotopic (exact) mass is 636 g/mol. The molecule has 0 radical (unpaired) electrons. The molecule has 11 heteroatoms. The third-order valence-electron chi connectivity index (χ3n) is 8.15. The number of anilines is 1. The van der Waals surface area contributed by atoms with E-state index in [1.165, 1.54) is 11.3 Å². The summed E-state index contributed by atoms with van der Waals surface area (Å²) in [5.41, 5.74) is 13.1. The van der Waals surface area contributed by atoms with Gasteiger partial charge in [-0.3, -0.25) is 4.79 Å². The highest BCUT2D eigenvalue weighted by Gasteiger charge is 2.29. The number of sulfone groups is 1. The molecule has 1 aliphatic heterocycles. The van der Waals surface area contributed by atoms with Crippen LogP contribution >= 0.6 is 11.3 Å². The van der Waals surface area contributed by atoms with Crippen LogP contribution in [-0.2, 0) is 21.2 Å². The number of carbonyl (C=O) groups excluding carboxylic acids is 1. The lowest BCUT2D eigenvalue weighted by Crippen LogP contribution is -2.45. The molecule has 1 saturated heterocycles. The minimum atomic E-state index is -3.17. The van der Waals surface area contributed by atoms with Crippen LogP contribution in [0.3, 0.4) is 0 Å². The number of nitrogens with two attached hydrogens (primary N) is 1. The number of benzene rings is 3. The molecule has 3 aromatic carbocycles. The number of hydrogen-bond acceptors (Lipinski definition) is 7. The number of fused-ring (bicyclic) bond motifs is 2. The number of carboxylic acids is 1. The summed E-state index contributed by atoms with van der Waals surface area (Å²) >= 11 is 1.18. The fourth-order valence-electron chi connectivity index (χ4n) is 5.90. The molecule has 226 valence electrons. The van der Waals surface area contributed by atoms with Gasteiger partial charge in [0, 0.05) is 35.3 Å². The molecule has 45 heavy (non-hydrogen) atoms. The predicted octanol–water partition coefficient (Wildman–Crippen LogP) is 5.79. The van der Waals surface area contributed by atoms with E-state index < -0.39 is 15.8 Å². The summed E-state index contributed by atoms with van der Waals surface area (Å²) in [6.07, 6.45) is 0. The van der Waals surface area contributed by atoms with Crippen LogP contribution in [0.2, 0.25) is 0 Å². The molecule has 3 aromatic heterocycles. The highest BCUT2D eigenvalue weighted by Crippen LogP contribution is 2.45. The number of aromatic carboxylic acids is 1. The normalized spacial score (nSPS) is 14.6. The van der Waals surface area contributed by atoms with E-state index in [1.54, 1.807) is 11.0 Å². The maximum Gasteiger partial charge on any atom is 0.345 e. The largest absolute Gasteiger partial charge is 0.477 e. The summed E-state index contributed by atoms with van der Waals surface area (Å²) in [6, 6.07) is 28.8. The number of carbonyl (C=O) groups is 2. The van der Waals surface area contributed by atoms with Gasteiger partial charge >= 0.3 is 5.97 Å². The van der Waals surface area contributed by atoms with E-state index in [9.17, 15) is 23.1 Å². The van der Waals surface area contributed by atoms with Crippen molar-refractivity contribution in [2.45, 2.75) is 6.54 Å². The van der Waals surface area contributed by atoms with E-state index in [0.717, 1.165) is 49.2 Å².